The van der Waals surface area contributed by atoms with Gasteiger partial charge in [0, 0.05) is 17.8 Å². The van der Waals surface area contributed by atoms with Crippen LogP contribution in [0.25, 0.3) is 11.0 Å². The molecule has 0 aliphatic rings. The molecule has 7 heteroatoms. The molecule has 2 rings (SSSR count). The summed E-state index contributed by atoms with van der Waals surface area (Å²) >= 11 is 0. The van der Waals surface area contributed by atoms with Gasteiger partial charge in [-0.25, -0.2) is 14.8 Å². The van der Waals surface area contributed by atoms with Crippen molar-refractivity contribution in [2.75, 3.05) is 6.26 Å². The molecular weight excluding hydrogens is 244 g/mol. The number of carbonyl (C=O) groups excluding carboxylic acids is 1. The van der Waals surface area contributed by atoms with Gasteiger partial charge in [0.25, 0.3) is 0 Å². The van der Waals surface area contributed by atoms with E-state index in [0.29, 0.717) is 11.0 Å². The van der Waals surface area contributed by atoms with Crippen molar-refractivity contribution in [2.24, 2.45) is 0 Å². The van der Waals surface area contributed by atoms with E-state index in [-0.39, 0.29) is 5.56 Å². The number of hydrogen-bond acceptors (Lipinski definition) is 6. The number of aromatic nitrogens is 2. The molecule has 0 bridgehead atoms. The maximum atomic E-state index is 11.4. The van der Waals surface area contributed by atoms with Crippen LogP contribution in [0.3, 0.4) is 0 Å². The fourth-order valence-electron chi connectivity index (χ4n) is 1.26. The third-order valence-electron chi connectivity index (χ3n) is 1.92. The number of hydrogen-bond donors (Lipinski definition) is 0. The molecule has 0 spiro atoms. The molecule has 2 heterocycles. The largest absolute Gasteiger partial charge is 0.355 e. The highest BCUT2D eigenvalue weighted by atomic mass is 32.2. The molecule has 2 aromatic rings. The summed E-state index contributed by atoms with van der Waals surface area (Å²) in [5, 5.41) is 0.635. The van der Waals surface area contributed by atoms with E-state index in [1.54, 1.807) is 18.3 Å². The van der Waals surface area contributed by atoms with E-state index in [0.717, 1.165) is 6.26 Å². The maximum Gasteiger partial charge on any atom is 0.355 e. The summed E-state index contributed by atoms with van der Waals surface area (Å²) in [6.07, 6.45) is 3.60. The molecular formula is C10H8N2O4S. The minimum atomic E-state index is -3.82. The molecule has 0 amide bonds. The average Bonchev–Trinajstić information content (AvgIpc) is 2.26. The van der Waals surface area contributed by atoms with Crippen LogP contribution in [0.15, 0.2) is 30.6 Å². The second-order valence-corrected chi connectivity index (χ2v) is 4.92. The van der Waals surface area contributed by atoms with Crippen LogP contribution >= 0.6 is 0 Å². The van der Waals surface area contributed by atoms with Gasteiger partial charge in [-0.1, -0.05) is 0 Å². The minimum Gasteiger partial charge on any atom is -0.341 e. The fraction of sp³-hybridized carbons (Fsp3) is 0.100. The molecule has 0 saturated heterocycles. The van der Waals surface area contributed by atoms with E-state index >= 15 is 0 Å². The van der Waals surface area contributed by atoms with Crippen molar-refractivity contribution in [3.05, 3.63) is 36.2 Å². The Hall–Kier alpha value is -2.02. The van der Waals surface area contributed by atoms with Crippen molar-refractivity contribution >= 4 is 27.1 Å². The zero-order chi connectivity index (χ0) is 12.5. The summed E-state index contributed by atoms with van der Waals surface area (Å²) < 4.78 is 25.9. The first-order chi connectivity index (χ1) is 7.96. The number of pyridine rings is 2. The molecule has 0 aliphatic heterocycles. The zero-order valence-electron chi connectivity index (χ0n) is 8.82. The Morgan fingerprint density at radius 1 is 1.35 bits per heavy atom. The quantitative estimate of drug-likeness (QED) is 0.733. The molecule has 6 nitrogen and oxygen atoms in total. The first kappa shape index (κ1) is 11.5. The Morgan fingerprint density at radius 3 is 2.82 bits per heavy atom. The molecule has 2 aromatic heterocycles. The molecule has 0 unspecified atom stereocenters. The van der Waals surface area contributed by atoms with Crippen LogP contribution in [-0.2, 0) is 14.3 Å². The van der Waals surface area contributed by atoms with Gasteiger partial charge < -0.3 is 4.18 Å². The van der Waals surface area contributed by atoms with Crippen molar-refractivity contribution in [3.63, 3.8) is 0 Å². The van der Waals surface area contributed by atoms with Crippen LogP contribution in [0.5, 0.6) is 0 Å². The normalized spacial score (nSPS) is 11.4. The summed E-state index contributed by atoms with van der Waals surface area (Å²) in [5.41, 5.74) is 0.541. The summed E-state index contributed by atoms with van der Waals surface area (Å²) in [6, 6.07) is 4.88. The lowest BCUT2D eigenvalue weighted by Crippen LogP contribution is -2.11. The van der Waals surface area contributed by atoms with Gasteiger partial charge in [0.15, 0.2) is 5.65 Å². The molecule has 0 N–H and O–H groups in total. The number of nitrogens with zero attached hydrogens (tertiary/aromatic N) is 2. The van der Waals surface area contributed by atoms with Crippen molar-refractivity contribution in [1.29, 1.82) is 0 Å². The molecule has 0 radical (unpaired) electrons. The minimum absolute atomic E-state index is 0.0657. The van der Waals surface area contributed by atoms with Gasteiger partial charge in [-0.15, -0.1) is 0 Å². The fourth-order valence-corrected chi connectivity index (χ4v) is 1.63. The van der Waals surface area contributed by atoms with Gasteiger partial charge in [-0.2, -0.15) is 8.42 Å². The lowest BCUT2D eigenvalue weighted by atomic mass is 10.2. The van der Waals surface area contributed by atoms with Crippen LogP contribution in [0.2, 0.25) is 0 Å². The number of rotatable bonds is 2. The van der Waals surface area contributed by atoms with Crippen LogP contribution < -0.4 is 0 Å². The number of fused-ring (bicyclic) bond motifs is 1. The number of carbonyl (C=O) groups is 1. The van der Waals surface area contributed by atoms with E-state index in [9.17, 15) is 13.2 Å². The summed E-state index contributed by atoms with van der Waals surface area (Å²) in [6.45, 7) is 0. The van der Waals surface area contributed by atoms with E-state index in [1.165, 1.54) is 12.3 Å². The molecule has 88 valence electrons. The Bertz CT molecular complexity index is 682. The van der Waals surface area contributed by atoms with Crippen molar-refractivity contribution in [1.82, 2.24) is 9.97 Å². The monoisotopic (exact) mass is 252 g/mol. The lowest BCUT2D eigenvalue weighted by molar-refractivity contribution is 0.0748. The highest BCUT2D eigenvalue weighted by Crippen LogP contribution is 2.11. The third-order valence-corrected chi connectivity index (χ3v) is 2.37. The smallest absolute Gasteiger partial charge is 0.341 e. The Labute approximate surface area is 97.4 Å². The molecule has 0 aromatic carbocycles. The van der Waals surface area contributed by atoms with Crippen LogP contribution in [0, 0.1) is 0 Å². The molecule has 0 fully saturated rings. The van der Waals surface area contributed by atoms with E-state index in [1.807, 2.05) is 0 Å². The Kier molecular flexibility index (Phi) is 2.76. The highest BCUT2D eigenvalue weighted by Gasteiger charge is 2.14. The lowest BCUT2D eigenvalue weighted by Gasteiger charge is -2.02. The predicted octanol–water partition coefficient (Wildman–Crippen LogP) is 0.746. The topological polar surface area (TPSA) is 86.2 Å². The summed E-state index contributed by atoms with van der Waals surface area (Å²) in [5.74, 6) is -0.953. The molecule has 0 saturated carbocycles. The third kappa shape index (κ3) is 2.76. The first-order valence-corrected chi connectivity index (χ1v) is 6.42. The van der Waals surface area contributed by atoms with E-state index in [4.69, 9.17) is 0 Å². The molecule has 17 heavy (non-hydrogen) atoms. The van der Waals surface area contributed by atoms with E-state index in [2.05, 4.69) is 14.2 Å². The summed E-state index contributed by atoms with van der Waals surface area (Å²) in [7, 11) is -3.82. The van der Waals surface area contributed by atoms with E-state index < -0.39 is 16.1 Å². The second-order valence-electron chi connectivity index (χ2n) is 3.35. The summed E-state index contributed by atoms with van der Waals surface area (Å²) in [4.78, 5) is 19.3. The zero-order valence-corrected chi connectivity index (χ0v) is 9.64. The van der Waals surface area contributed by atoms with Crippen molar-refractivity contribution in [2.45, 2.75) is 0 Å². The first-order valence-electron chi connectivity index (χ1n) is 4.60. The SMILES string of the molecule is CS(=O)(=O)OC(=O)c1cnc2ncccc2c1. The molecule has 0 atom stereocenters. The Morgan fingerprint density at radius 2 is 2.12 bits per heavy atom. The van der Waals surface area contributed by atoms with Gasteiger partial charge >= 0.3 is 16.1 Å². The highest BCUT2D eigenvalue weighted by molar-refractivity contribution is 7.86. The van der Waals surface area contributed by atoms with Crippen molar-refractivity contribution < 1.29 is 17.4 Å². The predicted molar refractivity (Wildman–Crippen MR) is 59.8 cm³/mol. The standard InChI is InChI=1S/C10H8N2O4S/c1-17(14,15)16-10(13)8-5-7-3-2-4-11-9(7)12-6-8/h2-6H,1H3. The van der Waals surface area contributed by atoms with Gasteiger partial charge in [-0.3, -0.25) is 0 Å². The second kappa shape index (κ2) is 4.10. The van der Waals surface area contributed by atoms with Crippen molar-refractivity contribution in [3.8, 4) is 0 Å². The molecule has 0 aliphatic carbocycles. The maximum absolute atomic E-state index is 11.4. The van der Waals surface area contributed by atoms with Crippen LogP contribution in [0.1, 0.15) is 10.4 Å². The Balaban J connectivity index is 2.40. The van der Waals surface area contributed by atoms with Crippen LogP contribution in [0.4, 0.5) is 0 Å². The van der Waals surface area contributed by atoms with Gasteiger partial charge in [0.2, 0.25) is 0 Å². The van der Waals surface area contributed by atoms with Gasteiger partial charge in [0.05, 0.1) is 11.8 Å². The average molecular weight is 252 g/mol. The van der Waals surface area contributed by atoms with Gasteiger partial charge in [-0.05, 0) is 18.2 Å². The van der Waals surface area contributed by atoms with Crippen LogP contribution in [-0.4, -0.2) is 30.6 Å². The van der Waals surface area contributed by atoms with Gasteiger partial charge in [0.1, 0.15) is 0 Å².